The summed E-state index contributed by atoms with van der Waals surface area (Å²) in [4.78, 5) is 0. The highest BCUT2D eigenvalue weighted by atomic mass is 19.1. The van der Waals surface area contributed by atoms with E-state index in [-0.39, 0.29) is 16.6 Å². The first-order chi connectivity index (χ1) is 7.27. The molecule has 0 atom stereocenters. The van der Waals surface area contributed by atoms with Crippen LogP contribution in [0.25, 0.3) is 0 Å². The Balaban J connectivity index is 3.40. The summed E-state index contributed by atoms with van der Waals surface area (Å²) >= 11 is 0. The van der Waals surface area contributed by atoms with Gasteiger partial charge < -0.3 is 14.8 Å². The summed E-state index contributed by atoms with van der Waals surface area (Å²) in [5.41, 5.74) is 0.470. The first-order valence-corrected chi connectivity index (χ1v) is 5.01. The number of hydrogen-bond donors (Lipinski definition) is 2. The van der Waals surface area contributed by atoms with E-state index in [2.05, 4.69) is 0 Å². The lowest BCUT2D eigenvalue weighted by Crippen LogP contribution is -2.33. The molecular weight excluding hydrogens is 210 g/mol. The number of benzene rings is 1. The van der Waals surface area contributed by atoms with Gasteiger partial charge in [-0.1, -0.05) is 26.8 Å². The van der Waals surface area contributed by atoms with E-state index in [1.54, 1.807) is 6.07 Å². The van der Waals surface area contributed by atoms with Gasteiger partial charge in [-0.15, -0.1) is 0 Å². The van der Waals surface area contributed by atoms with Crippen molar-refractivity contribution >= 4 is 12.6 Å². The minimum absolute atomic E-state index is 0.0485. The molecule has 1 rings (SSSR count). The van der Waals surface area contributed by atoms with E-state index in [1.807, 2.05) is 20.8 Å². The lowest BCUT2D eigenvalue weighted by Gasteiger charge is -2.21. The van der Waals surface area contributed by atoms with Crippen molar-refractivity contribution < 1.29 is 19.2 Å². The molecule has 0 aliphatic carbocycles. The average molecular weight is 226 g/mol. The van der Waals surface area contributed by atoms with Gasteiger partial charge in [0.15, 0.2) is 11.6 Å². The molecule has 2 N–H and O–H groups in total. The minimum atomic E-state index is -1.74. The molecule has 0 aliphatic heterocycles. The van der Waals surface area contributed by atoms with Crippen LogP contribution in [0.5, 0.6) is 5.75 Å². The first kappa shape index (κ1) is 13.0. The normalized spacial score (nSPS) is 11.4. The van der Waals surface area contributed by atoms with Gasteiger partial charge in [0.1, 0.15) is 0 Å². The summed E-state index contributed by atoms with van der Waals surface area (Å²) in [6.45, 7) is 5.76. The Bertz CT molecular complexity index is 386. The highest BCUT2D eigenvalue weighted by molar-refractivity contribution is 6.59. The van der Waals surface area contributed by atoms with Crippen LogP contribution in [0.1, 0.15) is 26.3 Å². The van der Waals surface area contributed by atoms with E-state index in [9.17, 15) is 4.39 Å². The molecular formula is C11H16BFO3. The van der Waals surface area contributed by atoms with Crippen LogP contribution >= 0.6 is 0 Å². The first-order valence-electron chi connectivity index (χ1n) is 5.01. The van der Waals surface area contributed by atoms with E-state index in [4.69, 9.17) is 14.8 Å². The second-order valence-electron chi connectivity index (χ2n) is 4.70. The maximum atomic E-state index is 13.7. The van der Waals surface area contributed by atoms with Crippen LogP contribution in [0.2, 0.25) is 0 Å². The van der Waals surface area contributed by atoms with Gasteiger partial charge in [-0.25, -0.2) is 4.39 Å². The summed E-state index contributed by atoms with van der Waals surface area (Å²) < 4.78 is 18.5. The summed E-state index contributed by atoms with van der Waals surface area (Å²) in [6.07, 6.45) is 0. The van der Waals surface area contributed by atoms with Crippen LogP contribution in [0.4, 0.5) is 4.39 Å². The van der Waals surface area contributed by atoms with Crippen LogP contribution in [0.3, 0.4) is 0 Å². The summed E-state index contributed by atoms with van der Waals surface area (Å²) in [6, 6.07) is 2.90. The van der Waals surface area contributed by atoms with Crippen molar-refractivity contribution in [3.05, 3.63) is 23.5 Å². The van der Waals surface area contributed by atoms with Gasteiger partial charge in [-0.05, 0) is 17.0 Å². The average Bonchev–Trinajstić information content (AvgIpc) is 2.14. The van der Waals surface area contributed by atoms with E-state index in [0.717, 1.165) is 0 Å². The van der Waals surface area contributed by atoms with Crippen LogP contribution < -0.4 is 10.2 Å². The second kappa shape index (κ2) is 4.43. The Morgan fingerprint density at radius 1 is 1.25 bits per heavy atom. The topological polar surface area (TPSA) is 49.7 Å². The number of halogens is 1. The molecule has 0 aromatic heterocycles. The molecule has 1 aromatic carbocycles. The fourth-order valence-corrected chi connectivity index (χ4v) is 1.45. The van der Waals surface area contributed by atoms with Crippen LogP contribution in [-0.2, 0) is 5.41 Å². The van der Waals surface area contributed by atoms with Crippen molar-refractivity contribution in [1.82, 2.24) is 0 Å². The Kier molecular flexibility index (Phi) is 3.60. The molecule has 0 amide bonds. The van der Waals surface area contributed by atoms with Gasteiger partial charge in [0, 0.05) is 5.46 Å². The fraction of sp³-hybridized carbons (Fsp3) is 0.455. The summed E-state index contributed by atoms with van der Waals surface area (Å²) in [5.74, 6) is -0.707. The standard InChI is InChI=1S/C11H16BFO3/c1-11(2,3)7-5-8(12(14)15)10(16-4)9(13)6-7/h5-6,14-15H,1-4H3. The third-order valence-corrected chi connectivity index (χ3v) is 2.42. The zero-order valence-corrected chi connectivity index (χ0v) is 9.91. The van der Waals surface area contributed by atoms with Crippen molar-refractivity contribution in [1.29, 1.82) is 0 Å². The summed E-state index contributed by atoms with van der Waals surface area (Å²) in [7, 11) is -0.451. The molecule has 0 saturated heterocycles. The van der Waals surface area contributed by atoms with E-state index >= 15 is 0 Å². The van der Waals surface area contributed by atoms with Crippen molar-refractivity contribution in [2.24, 2.45) is 0 Å². The molecule has 3 nitrogen and oxygen atoms in total. The molecule has 0 unspecified atom stereocenters. The third-order valence-electron chi connectivity index (χ3n) is 2.42. The zero-order valence-electron chi connectivity index (χ0n) is 9.91. The molecule has 0 radical (unpaired) electrons. The molecule has 1 aromatic rings. The van der Waals surface area contributed by atoms with Crippen LogP contribution in [-0.4, -0.2) is 24.3 Å². The predicted molar refractivity (Wildman–Crippen MR) is 61.5 cm³/mol. The highest BCUT2D eigenvalue weighted by Crippen LogP contribution is 2.25. The van der Waals surface area contributed by atoms with E-state index in [1.165, 1.54) is 13.2 Å². The van der Waals surface area contributed by atoms with Gasteiger partial charge in [0.05, 0.1) is 7.11 Å². The number of rotatable bonds is 2. The molecule has 0 fully saturated rings. The molecule has 0 aliphatic rings. The Hall–Kier alpha value is -1.07. The van der Waals surface area contributed by atoms with Gasteiger partial charge in [-0.3, -0.25) is 0 Å². The SMILES string of the molecule is COc1c(F)cc(C(C)(C)C)cc1B(O)O. The van der Waals surface area contributed by atoms with E-state index in [0.29, 0.717) is 5.56 Å². The molecule has 0 spiro atoms. The third kappa shape index (κ3) is 2.54. The summed E-state index contributed by atoms with van der Waals surface area (Å²) in [5, 5.41) is 18.3. The van der Waals surface area contributed by atoms with Gasteiger partial charge in [0.2, 0.25) is 0 Å². The minimum Gasteiger partial charge on any atom is -0.494 e. The molecule has 88 valence electrons. The predicted octanol–water partition coefficient (Wildman–Crippen LogP) is 0.812. The molecule has 16 heavy (non-hydrogen) atoms. The van der Waals surface area contributed by atoms with Crippen molar-refractivity contribution in [2.45, 2.75) is 26.2 Å². The van der Waals surface area contributed by atoms with E-state index < -0.39 is 12.9 Å². The fourth-order valence-electron chi connectivity index (χ4n) is 1.45. The highest BCUT2D eigenvalue weighted by Gasteiger charge is 2.24. The van der Waals surface area contributed by atoms with Crippen LogP contribution in [0, 0.1) is 5.82 Å². The number of ether oxygens (including phenoxy) is 1. The number of hydrogen-bond acceptors (Lipinski definition) is 3. The monoisotopic (exact) mass is 226 g/mol. The smallest absolute Gasteiger partial charge is 0.492 e. The Morgan fingerprint density at radius 2 is 1.81 bits per heavy atom. The Labute approximate surface area is 95.0 Å². The van der Waals surface area contributed by atoms with Crippen molar-refractivity contribution in [3.63, 3.8) is 0 Å². The van der Waals surface area contributed by atoms with Gasteiger partial charge in [-0.2, -0.15) is 0 Å². The molecule has 0 heterocycles. The van der Waals surface area contributed by atoms with Crippen molar-refractivity contribution in [3.8, 4) is 5.75 Å². The zero-order chi connectivity index (χ0) is 12.5. The quantitative estimate of drug-likeness (QED) is 0.733. The molecule has 0 saturated carbocycles. The van der Waals surface area contributed by atoms with Gasteiger partial charge >= 0.3 is 7.12 Å². The van der Waals surface area contributed by atoms with Crippen LogP contribution in [0.15, 0.2) is 12.1 Å². The molecule has 0 bridgehead atoms. The lowest BCUT2D eigenvalue weighted by atomic mass is 9.75. The second-order valence-corrected chi connectivity index (χ2v) is 4.70. The Morgan fingerprint density at radius 3 is 2.19 bits per heavy atom. The van der Waals surface area contributed by atoms with Gasteiger partial charge in [0.25, 0.3) is 0 Å². The largest absolute Gasteiger partial charge is 0.494 e. The van der Waals surface area contributed by atoms with Crippen molar-refractivity contribution in [2.75, 3.05) is 7.11 Å². The molecule has 5 heteroatoms. The number of methoxy groups -OCH3 is 1. The lowest BCUT2D eigenvalue weighted by molar-refractivity contribution is 0.380. The maximum Gasteiger partial charge on any atom is 0.492 e. The maximum absolute atomic E-state index is 13.7.